The lowest BCUT2D eigenvalue weighted by Crippen LogP contribution is -2.30. The van der Waals surface area contributed by atoms with Crippen molar-refractivity contribution in [2.75, 3.05) is 13.2 Å². The number of hydrogen-bond donors (Lipinski definition) is 1. The first kappa shape index (κ1) is 19.8. The minimum absolute atomic E-state index is 0.158. The smallest absolute Gasteiger partial charge is 0.337 e. The highest BCUT2D eigenvalue weighted by molar-refractivity contribution is 6.01. The van der Waals surface area contributed by atoms with Gasteiger partial charge in [-0.1, -0.05) is 48.5 Å². The summed E-state index contributed by atoms with van der Waals surface area (Å²) in [6, 6.07) is 17.3. The highest BCUT2D eigenvalue weighted by atomic mass is 16.5. The topological polar surface area (TPSA) is 73.9 Å². The molecule has 154 valence electrons. The molecule has 0 fully saturated rings. The Balaban J connectivity index is 1.76. The minimum Gasteiger partial charge on any atom is -0.489 e. The molecule has 0 radical (unpaired) electrons. The molecule has 0 aliphatic carbocycles. The van der Waals surface area contributed by atoms with E-state index in [1.165, 1.54) is 0 Å². The number of allylic oxidation sites excluding steroid dienone is 1. The normalized spacial score (nSPS) is 17.9. The van der Waals surface area contributed by atoms with Crippen molar-refractivity contribution in [2.24, 2.45) is 0 Å². The first-order chi connectivity index (χ1) is 14.6. The van der Waals surface area contributed by atoms with Crippen LogP contribution in [-0.2, 0) is 25.7 Å². The Hall–Kier alpha value is -3.54. The number of ether oxygens (including phenoxy) is 3. The highest BCUT2D eigenvalue weighted by Crippen LogP contribution is 2.44. The van der Waals surface area contributed by atoms with Gasteiger partial charge in [-0.25, -0.2) is 9.59 Å². The Morgan fingerprint density at radius 3 is 2.63 bits per heavy atom. The number of nitrogens with one attached hydrogen (secondary N) is 1. The molecule has 6 heteroatoms. The average Bonchev–Trinajstić information content (AvgIpc) is 3.12. The van der Waals surface area contributed by atoms with Gasteiger partial charge >= 0.3 is 11.9 Å². The van der Waals surface area contributed by atoms with Crippen LogP contribution in [0.2, 0.25) is 0 Å². The second kappa shape index (κ2) is 8.45. The van der Waals surface area contributed by atoms with Crippen LogP contribution in [0.1, 0.15) is 30.9 Å². The molecular formula is C24H23NO5. The molecule has 4 rings (SSSR count). The number of cyclic esters (lactones) is 1. The van der Waals surface area contributed by atoms with Crippen LogP contribution in [0.4, 0.5) is 0 Å². The Bertz CT molecular complexity index is 1040. The first-order valence-corrected chi connectivity index (χ1v) is 9.90. The van der Waals surface area contributed by atoms with Gasteiger partial charge in [0.05, 0.1) is 29.4 Å². The van der Waals surface area contributed by atoms with Gasteiger partial charge < -0.3 is 19.5 Å². The van der Waals surface area contributed by atoms with Crippen molar-refractivity contribution in [2.45, 2.75) is 26.4 Å². The molecule has 2 aromatic carbocycles. The van der Waals surface area contributed by atoms with Crippen LogP contribution in [-0.4, -0.2) is 25.2 Å². The van der Waals surface area contributed by atoms with E-state index >= 15 is 0 Å². The maximum absolute atomic E-state index is 12.8. The van der Waals surface area contributed by atoms with E-state index in [4.69, 9.17) is 14.2 Å². The molecule has 0 spiro atoms. The third-order valence-corrected chi connectivity index (χ3v) is 5.17. The van der Waals surface area contributed by atoms with Gasteiger partial charge in [-0.05, 0) is 25.5 Å². The summed E-state index contributed by atoms with van der Waals surface area (Å²) in [5.74, 6) is -0.914. The molecule has 1 N–H and O–H groups in total. The zero-order valence-electron chi connectivity index (χ0n) is 16.9. The fraction of sp³-hybridized carbons (Fsp3) is 0.250. The molecule has 30 heavy (non-hydrogen) atoms. The van der Waals surface area contributed by atoms with Crippen molar-refractivity contribution in [3.8, 4) is 5.75 Å². The predicted octanol–water partition coefficient (Wildman–Crippen LogP) is 3.60. The Kier molecular flexibility index (Phi) is 5.57. The van der Waals surface area contributed by atoms with E-state index in [9.17, 15) is 9.59 Å². The molecule has 2 heterocycles. The fourth-order valence-electron chi connectivity index (χ4n) is 3.84. The van der Waals surface area contributed by atoms with Crippen LogP contribution in [0.3, 0.4) is 0 Å². The summed E-state index contributed by atoms with van der Waals surface area (Å²) in [7, 11) is 0. The molecule has 0 saturated heterocycles. The van der Waals surface area contributed by atoms with Crippen LogP contribution in [0, 0.1) is 0 Å². The van der Waals surface area contributed by atoms with E-state index < -0.39 is 17.9 Å². The SMILES string of the molecule is CCOC(=O)C1=C(C)NC2=C(C(=O)OC2)[C@H]1c1ccccc1OCc1ccccc1. The summed E-state index contributed by atoms with van der Waals surface area (Å²) in [6.07, 6.45) is 0. The van der Waals surface area contributed by atoms with E-state index in [2.05, 4.69) is 5.32 Å². The monoisotopic (exact) mass is 405 g/mol. The molecule has 0 unspecified atom stereocenters. The Morgan fingerprint density at radius 2 is 1.87 bits per heavy atom. The van der Waals surface area contributed by atoms with E-state index in [-0.39, 0.29) is 13.2 Å². The summed E-state index contributed by atoms with van der Waals surface area (Å²) in [6.45, 7) is 4.33. The van der Waals surface area contributed by atoms with E-state index in [1.807, 2.05) is 54.6 Å². The molecule has 1 atom stereocenters. The molecule has 0 amide bonds. The first-order valence-electron chi connectivity index (χ1n) is 9.90. The van der Waals surface area contributed by atoms with Gasteiger partial charge in [0, 0.05) is 11.3 Å². The van der Waals surface area contributed by atoms with Crippen molar-refractivity contribution >= 4 is 11.9 Å². The maximum atomic E-state index is 12.8. The number of hydrogen-bond acceptors (Lipinski definition) is 6. The van der Waals surface area contributed by atoms with Crippen molar-refractivity contribution < 1.29 is 23.8 Å². The van der Waals surface area contributed by atoms with Gasteiger partial charge in [-0.15, -0.1) is 0 Å². The molecule has 0 bridgehead atoms. The van der Waals surface area contributed by atoms with Gasteiger partial charge in [-0.3, -0.25) is 0 Å². The van der Waals surface area contributed by atoms with Crippen molar-refractivity contribution in [1.29, 1.82) is 0 Å². The summed E-state index contributed by atoms with van der Waals surface area (Å²) in [5, 5.41) is 3.15. The van der Waals surface area contributed by atoms with Crippen LogP contribution < -0.4 is 10.1 Å². The minimum atomic E-state index is -0.623. The highest BCUT2D eigenvalue weighted by Gasteiger charge is 2.42. The summed E-state index contributed by atoms with van der Waals surface area (Å²) in [4.78, 5) is 25.4. The summed E-state index contributed by atoms with van der Waals surface area (Å²) in [5.41, 5.74) is 3.89. The maximum Gasteiger partial charge on any atom is 0.337 e. The molecule has 2 aromatic rings. The van der Waals surface area contributed by atoms with Gasteiger partial charge in [0.2, 0.25) is 0 Å². The molecule has 0 aromatic heterocycles. The lowest BCUT2D eigenvalue weighted by atomic mass is 9.80. The zero-order chi connectivity index (χ0) is 21.1. The summed E-state index contributed by atoms with van der Waals surface area (Å²) >= 11 is 0. The predicted molar refractivity (Wildman–Crippen MR) is 110 cm³/mol. The van der Waals surface area contributed by atoms with Crippen molar-refractivity contribution in [1.82, 2.24) is 5.32 Å². The third-order valence-electron chi connectivity index (χ3n) is 5.17. The van der Waals surface area contributed by atoms with Crippen LogP contribution in [0.15, 0.2) is 77.1 Å². The van der Waals surface area contributed by atoms with Crippen molar-refractivity contribution in [3.63, 3.8) is 0 Å². The van der Waals surface area contributed by atoms with Crippen LogP contribution in [0.5, 0.6) is 5.75 Å². The van der Waals surface area contributed by atoms with Crippen LogP contribution >= 0.6 is 0 Å². The van der Waals surface area contributed by atoms with Gasteiger partial charge in [0.1, 0.15) is 19.0 Å². The van der Waals surface area contributed by atoms with E-state index in [1.54, 1.807) is 13.8 Å². The van der Waals surface area contributed by atoms with Gasteiger partial charge in [0.15, 0.2) is 0 Å². The number of carbonyl (C=O) groups excluding carboxylic acids is 2. The quantitative estimate of drug-likeness (QED) is 0.741. The standard InChI is InChI=1S/C24H23NO5/c1-3-28-23(26)20-15(2)25-18-14-30-24(27)22(18)21(20)17-11-7-8-12-19(17)29-13-16-9-5-4-6-10-16/h4-12,21,25H,3,13-14H2,1-2H3/t21-/m0/s1. The average molecular weight is 405 g/mol. The molecule has 6 nitrogen and oxygen atoms in total. The number of carbonyl (C=O) groups is 2. The van der Waals surface area contributed by atoms with E-state index in [0.29, 0.717) is 34.9 Å². The number of benzene rings is 2. The number of dihydropyridines is 1. The molecule has 2 aliphatic heterocycles. The van der Waals surface area contributed by atoms with Crippen LogP contribution in [0.25, 0.3) is 0 Å². The van der Waals surface area contributed by atoms with Gasteiger partial charge in [-0.2, -0.15) is 0 Å². The molecule has 0 saturated carbocycles. The second-order valence-corrected chi connectivity index (χ2v) is 7.10. The second-order valence-electron chi connectivity index (χ2n) is 7.10. The Morgan fingerprint density at radius 1 is 1.13 bits per heavy atom. The fourth-order valence-corrected chi connectivity index (χ4v) is 3.84. The number of esters is 2. The molecule has 2 aliphatic rings. The largest absolute Gasteiger partial charge is 0.489 e. The number of para-hydroxylation sites is 1. The molecular weight excluding hydrogens is 382 g/mol. The zero-order valence-corrected chi connectivity index (χ0v) is 16.9. The summed E-state index contributed by atoms with van der Waals surface area (Å²) < 4.78 is 16.7. The number of rotatable bonds is 6. The van der Waals surface area contributed by atoms with E-state index in [0.717, 1.165) is 11.1 Å². The lowest BCUT2D eigenvalue weighted by molar-refractivity contribution is -0.138. The van der Waals surface area contributed by atoms with Gasteiger partial charge in [0.25, 0.3) is 0 Å². The Labute approximate surface area is 175 Å². The van der Waals surface area contributed by atoms with Crippen molar-refractivity contribution in [3.05, 3.63) is 88.3 Å². The third kappa shape index (κ3) is 3.68. The lowest BCUT2D eigenvalue weighted by Gasteiger charge is -2.28.